The Morgan fingerprint density at radius 3 is 2.52 bits per heavy atom. The van der Waals surface area contributed by atoms with Crippen molar-refractivity contribution in [1.82, 2.24) is 19.7 Å². The molecule has 2 atom stereocenters. The lowest BCUT2D eigenvalue weighted by molar-refractivity contribution is -0.0475. The highest BCUT2D eigenvalue weighted by atomic mass is 35.5. The molecule has 0 N–H and O–H groups in total. The van der Waals surface area contributed by atoms with Crippen LogP contribution in [0.15, 0.2) is 24.3 Å². The van der Waals surface area contributed by atoms with E-state index >= 15 is 4.39 Å². The van der Waals surface area contributed by atoms with E-state index in [-0.39, 0.29) is 64.3 Å². The number of amides is 2. The number of likely N-dealkylation sites (tertiary alicyclic amines) is 1. The minimum Gasteiger partial charge on any atom is -0.489 e. The number of anilines is 1. The van der Waals surface area contributed by atoms with Gasteiger partial charge >= 0.3 is 6.09 Å². The van der Waals surface area contributed by atoms with Gasteiger partial charge in [-0.2, -0.15) is 0 Å². The van der Waals surface area contributed by atoms with Gasteiger partial charge in [-0.05, 0) is 53.2 Å². The number of benzene rings is 1. The van der Waals surface area contributed by atoms with Crippen molar-refractivity contribution < 1.29 is 28.2 Å². The summed E-state index contributed by atoms with van der Waals surface area (Å²) < 4.78 is 32.6. The first-order chi connectivity index (χ1) is 20.8. The van der Waals surface area contributed by atoms with Crippen LogP contribution in [-0.2, 0) is 9.47 Å². The fourth-order valence-electron chi connectivity index (χ4n) is 6.71. The molecule has 6 rings (SSSR count). The number of fused-ring (bicyclic) bond motifs is 2. The molecule has 1 aromatic carbocycles. The minimum absolute atomic E-state index is 0.0882. The molecule has 4 aliphatic heterocycles. The number of aromatic nitrogens is 1. The van der Waals surface area contributed by atoms with Gasteiger partial charge in [0, 0.05) is 63.5 Å². The van der Waals surface area contributed by atoms with Crippen LogP contribution in [0.4, 0.5) is 15.0 Å². The zero-order chi connectivity index (χ0) is 31.6. The molecule has 1 aromatic heterocycles. The molecule has 5 heterocycles. The van der Waals surface area contributed by atoms with Gasteiger partial charge in [0.1, 0.15) is 34.4 Å². The molecule has 0 aliphatic carbocycles. The molecule has 0 spiro atoms. The number of nitrogens with zero attached hydrogens (tertiary/aromatic N) is 5. The van der Waals surface area contributed by atoms with Crippen LogP contribution < -0.4 is 9.64 Å². The van der Waals surface area contributed by atoms with Gasteiger partial charge in [0.15, 0.2) is 5.75 Å². The first-order valence-corrected chi connectivity index (χ1v) is 15.6. The molecule has 3 saturated heterocycles. The van der Waals surface area contributed by atoms with E-state index in [2.05, 4.69) is 23.6 Å². The van der Waals surface area contributed by atoms with Crippen molar-refractivity contribution in [2.24, 2.45) is 0 Å². The van der Waals surface area contributed by atoms with Gasteiger partial charge in [-0.15, -0.1) is 0 Å². The second-order valence-electron chi connectivity index (χ2n) is 13.8. The lowest BCUT2D eigenvalue weighted by Gasteiger charge is -2.42. The zero-order valence-corrected chi connectivity index (χ0v) is 27.0. The zero-order valence-electron chi connectivity index (χ0n) is 26.2. The monoisotopic (exact) mass is 629 g/mol. The summed E-state index contributed by atoms with van der Waals surface area (Å²) in [5.74, 6) is -0.110. The van der Waals surface area contributed by atoms with Crippen molar-refractivity contribution >= 4 is 29.4 Å². The van der Waals surface area contributed by atoms with Crippen LogP contribution >= 0.6 is 11.6 Å². The quantitative estimate of drug-likeness (QED) is 0.482. The van der Waals surface area contributed by atoms with E-state index < -0.39 is 23.6 Å². The highest BCUT2D eigenvalue weighted by Gasteiger charge is 2.48. The first kappa shape index (κ1) is 30.9. The molecule has 3 fully saturated rings. The fraction of sp³-hybridized carbons (Fsp3) is 0.594. The summed E-state index contributed by atoms with van der Waals surface area (Å²) in [5.41, 5.74) is -0.279. The standard InChI is InChI=1S/C32H41ClFN5O5/c1-31(2,3)44-30(41)36-11-12-38-20(14-36)18-43-27-24(29(38)40)28(35-26(25(27)33)22-9-7-8-10-23(22)34)39-15-19(13-32(39,4)5)37-16-21(17-37)42-6/h7-10,19-21H,11-18H2,1-6H3/t19-,20-/m1/s1. The molecule has 0 unspecified atom stereocenters. The van der Waals surface area contributed by atoms with E-state index in [0.29, 0.717) is 25.5 Å². The van der Waals surface area contributed by atoms with Gasteiger partial charge in [-0.3, -0.25) is 9.69 Å². The van der Waals surface area contributed by atoms with Gasteiger partial charge in [-0.1, -0.05) is 23.7 Å². The van der Waals surface area contributed by atoms with Crippen molar-refractivity contribution in [3.05, 3.63) is 40.7 Å². The van der Waals surface area contributed by atoms with E-state index in [1.807, 2.05) is 20.8 Å². The lowest BCUT2D eigenvalue weighted by atomic mass is 9.97. The maximum atomic E-state index is 15.2. The molecule has 238 valence electrons. The number of piperazine rings is 1. The number of methoxy groups -OCH3 is 1. The van der Waals surface area contributed by atoms with Gasteiger partial charge < -0.3 is 28.9 Å². The molecular weight excluding hydrogens is 589 g/mol. The van der Waals surface area contributed by atoms with Crippen molar-refractivity contribution in [2.75, 3.05) is 57.9 Å². The third kappa shape index (κ3) is 5.58. The average molecular weight is 630 g/mol. The average Bonchev–Trinajstić information content (AvgIpc) is 3.16. The maximum absolute atomic E-state index is 15.2. The number of rotatable bonds is 4. The van der Waals surface area contributed by atoms with Crippen LogP contribution in [0.5, 0.6) is 5.75 Å². The topological polar surface area (TPSA) is 87.7 Å². The van der Waals surface area contributed by atoms with Crippen LogP contribution in [-0.4, -0.2) is 114 Å². The van der Waals surface area contributed by atoms with Gasteiger partial charge in [0.25, 0.3) is 5.91 Å². The number of hydrogen-bond acceptors (Lipinski definition) is 8. The third-order valence-corrected chi connectivity index (χ3v) is 9.43. The highest BCUT2D eigenvalue weighted by molar-refractivity contribution is 6.35. The summed E-state index contributed by atoms with van der Waals surface area (Å²) in [7, 11) is 1.73. The Kier molecular flexibility index (Phi) is 7.95. The molecule has 2 amide bonds. The summed E-state index contributed by atoms with van der Waals surface area (Å²) in [6, 6.07) is 6.13. The van der Waals surface area contributed by atoms with E-state index in [4.69, 9.17) is 30.8 Å². The molecule has 10 nitrogen and oxygen atoms in total. The summed E-state index contributed by atoms with van der Waals surface area (Å²) in [4.78, 5) is 40.2. The molecule has 0 radical (unpaired) electrons. The van der Waals surface area contributed by atoms with Crippen LogP contribution in [0.25, 0.3) is 11.3 Å². The number of carbonyl (C=O) groups is 2. The Bertz CT molecular complexity index is 1460. The van der Waals surface area contributed by atoms with Crippen molar-refractivity contribution in [1.29, 1.82) is 0 Å². The van der Waals surface area contributed by atoms with Gasteiger partial charge in [0.05, 0.1) is 17.8 Å². The summed E-state index contributed by atoms with van der Waals surface area (Å²) in [6.07, 6.45) is 0.639. The maximum Gasteiger partial charge on any atom is 0.410 e. The van der Waals surface area contributed by atoms with Gasteiger partial charge in [-0.25, -0.2) is 14.2 Å². The second-order valence-corrected chi connectivity index (χ2v) is 14.1. The van der Waals surface area contributed by atoms with E-state index in [0.717, 1.165) is 19.5 Å². The summed E-state index contributed by atoms with van der Waals surface area (Å²) >= 11 is 6.96. The Morgan fingerprint density at radius 2 is 1.84 bits per heavy atom. The molecule has 0 bridgehead atoms. The number of pyridine rings is 1. The molecule has 0 saturated carbocycles. The van der Waals surface area contributed by atoms with E-state index in [1.165, 1.54) is 6.07 Å². The third-order valence-electron chi connectivity index (χ3n) is 9.07. The number of halogens is 2. The van der Waals surface area contributed by atoms with Crippen LogP contribution in [0, 0.1) is 5.82 Å². The predicted molar refractivity (Wildman–Crippen MR) is 165 cm³/mol. The second kappa shape index (κ2) is 11.3. The lowest BCUT2D eigenvalue weighted by Crippen LogP contribution is -2.58. The molecule has 44 heavy (non-hydrogen) atoms. The van der Waals surface area contributed by atoms with Crippen LogP contribution in [0.3, 0.4) is 0 Å². The fourth-order valence-corrected chi connectivity index (χ4v) is 7.00. The smallest absolute Gasteiger partial charge is 0.410 e. The Morgan fingerprint density at radius 1 is 1.11 bits per heavy atom. The normalized spacial score (nSPS) is 23.9. The molecule has 2 aromatic rings. The summed E-state index contributed by atoms with van der Waals surface area (Å²) in [6.45, 7) is 13.0. The van der Waals surface area contributed by atoms with Crippen LogP contribution in [0.1, 0.15) is 51.4 Å². The Balaban J connectivity index is 1.40. The SMILES string of the molecule is COC1CN([C@H]2CN(c3nc(-c4ccccc4F)c(Cl)c4c3C(=O)N3CCN(C(=O)OC(C)(C)C)C[C@@H]3CO4)C(C)(C)C2)C1. The molecular formula is C32H41ClFN5O5. The largest absolute Gasteiger partial charge is 0.489 e. The van der Waals surface area contributed by atoms with Crippen molar-refractivity contribution in [3.8, 4) is 17.0 Å². The number of hydrogen-bond donors (Lipinski definition) is 0. The Labute approximate surface area is 263 Å². The van der Waals surface area contributed by atoms with Crippen molar-refractivity contribution in [2.45, 2.75) is 70.4 Å². The summed E-state index contributed by atoms with van der Waals surface area (Å²) in [5, 5.41) is 0.0882. The molecule has 12 heteroatoms. The highest BCUT2D eigenvalue weighted by Crippen LogP contribution is 2.47. The van der Waals surface area contributed by atoms with E-state index in [1.54, 1.807) is 35.1 Å². The van der Waals surface area contributed by atoms with Gasteiger partial charge in [0.2, 0.25) is 0 Å². The number of ether oxygens (including phenoxy) is 3. The van der Waals surface area contributed by atoms with Crippen LogP contribution in [0.2, 0.25) is 5.02 Å². The van der Waals surface area contributed by atoms with Crippen molar-refractivity contribution in [3.63, 3.8) is 0 Å². The predicted octanol–water partition coefficient (Wildman–Crippen LogP) is 4.68. The number of carbonyl (C=O) groups excluding carboxylic acids is 2. The minimum atomic E-state index is -0.641. The molecule has 4 aliphatic rings. The Hall–Kier alpha value is -3.15. The van der Waals surface area contributed by atoms with E-state index in [9.17, 15) is 9.59 Å². The first-order valence-electron chi connectivity index (χ1n) is 15.2.